The summed E-state index contributed by atoms with van der Waals surface area (Å²) in [6, 6.07) is 14.4. The van der Waals surface area contributed by atoms with E-state index in [4.69, 9.17) is 5.26 Å². The molecule has 40 heavy (non-hydrogen) atoms. The highest BCUT2D eigenvalue weighted by atomic mass is 16.2. The minimum Gasteiger partial charge on any atom is -0.368 e. The average molecular weight is 545 g/mol. The Morgan fingerprint density at radius 2 is 1.52 bits per heavy atom. The number of rotatable bonds is 5. The van der Waals surface area contributed by atoms with Crippen LogP contribution in [0.15, 0.2) is 42.5 Å². The Morgan fingerprint density at radius 3 is 2.25 bits per heavy atom. The number of carbonyl (C=O) groups is 3. The molecule has 2 heterocycles. The number of carbonyl (C=O) groups excluding carboxylic acids is 3. The minimum absolute atomic E-state index is 0.0309. The molecular formula is C31H40N6O3. The van der Waals surface area contributed by atoms with Crippen molar-refractivity contribution in [3.63, 3.8) is 0 Å². The van der Waals surface area contributed by atoms with E-state index < -0.39 is 0 Å². The van der Waals surface area contributed by atoms with E-state index in [0.717, 1.165) is 31.6 Å². The van der Waals surface area contributed by atoms with E-state index in [1.54, 1.807) is 30.3 Å². The van der Waals surface area contributed by atoms with Crippen molar-refractivity contribution < 1.29 is 14.4 Å². The van der Waals surface area contributed by atoms with Gasteiger partial charge in [0.25, 0.3) is 11.8 Å². The van der Waals surface area contributed by atoms with Crippen molar-refractivity contribution in [1.82, 2.24) is 15.1 Å². The molecule has 3 amide bonds. The fraction of sp³-hybridized carbons (Fsp3) is 0.484. The molecule has 2 fully saturated rings. The van der Waals surface area contributed by atoms with Crippen LogP contribution in [0.5, 0.6) is 0 Å². The smallest absolute Gasteiger partial charge is 0.253 e. The van der Waals surface area contributed by atoms with Crippen molar-refractivity contribution in [1.29, 1.82) is 5.26 Å². The van der Waals surface area contributed by atoms with Crippen LogP contribution in [0.2, 0.25) is 0 Å². The van der Waals surface area contributed by atoms with E-state index >= 15 is 0 Å². The Kier molecular flexibility index (Phi) is 9.43. The average Bonchev–Trinajstić information content (AvgIpc) is 3.35. The number of amides is 3. The fourth-order valence-corrected chi connectivity index (χ4v) is 5.18. The van der Waals surface area contributed by atoms with Crippen LogP contribution in [0.1, 0.15) is 66.3 Å². The third kappa shape index (κ3) is 7.60. The summed E-state index contributed by atoms with van der Waals surface area (Å²) in [4.78, 5) is 45.4. The molecule has 0 saturated carbocycles. The van der Waals surface area contributed by atoms with Gasteiger partial charge in [0, 0.05) is 63.4 Å². The second-order valence-corrected chi connectivity index (χ2v) is 11.7. The normalized spacial score (nSPS) is 16.5. The van der Waals surface area contributed by atoms with Crippen molar-refractivity contribution >= 4 is 29.1 Å². The van der Waals surface area contributed by atoms with Crippen LogP contribution < -0.4 is 15.5 Å². The lowest BCUT2D eigenvalue weighted by atomic mass is 9.92. The predicted molar refractivity (Wildman–Crippen MR) is 156 cm³/mol. The highest BCUT2D eigenvalue weighted by Crippen LogP contribution is 2.30. The molecule has 2 aromatic carbocycles. The van der Waals surface area contributed by atoms with Crippen molar-refractivity contribution in [3.05, 3.63) is 59.2 Å². The number of nitrogens with zero attached hydrogens (tertiary/aromatic N) is 4. The van der Waals surface area contributed by atoms with Crippen molar-refractivity contribution in [2.75, 3.05) is 62.6 Å². The summed E-state index contributed by atoms with van der Waals surface area (Å²) in [6.45, 7) is 11.5. The second-order valence-electron chi connectivity index (χ2n) is 11.7. The molecule has 0 atom stereocenters. The van der Waals surface area contributed by atoms with Crippen LogP contribution in [-0.2, 0) is 4.79 Å². The first-order chi connectivity index (χ1) is 19.1. The maximum atomic E-state index is 13.4. The first-order valence-corrected chi connectivity index (χ1v) is 14.1. The topological polar surface area (TPSA) is 109 Å². The number of nitriles is 1. The molecule has 2 aromatic rings. The zero-order valence-corrected chi connectivity index (χ0v) is 23.8. The molecule has 2 saturated heterocycles. The van der Waals surface area contributed by atoms with Crippen LogP contribution in [0.25, 0.3) is 0 Å². The first kappa shape index (κ1) is 29.1. The zero-order chi connectivity index (χ0) is 28.7. The van der Waals surface area contributed by atoms with E-state index in [0.29, 0.717) is 68.1 Å². The van der Waals surface area contributed by atoms with Crippen molar-refractivity contribution in [2.45, 2.75) is 40.0 Å². The molecule has 2 aliphatic rings. The molecule has 2 aliphatic heterocycles. The van der Waals surface area contributed by atoms with Gasteiger partial charge in [-0.3, -0.25) is 14.4 Å². The number of hydrogen-bond donors (Lipinski definition) is 2. The highest BCUT2D eigenvalue weighted by Gasteiger charge is 2.25. The van der Waals surface area contributed by atoms with Gasteiger partial charge >= 0.3 is 0 Å². The summed E-state index contributed by atoms with van der Waals surface area (Å²) in [6.07, 6.45) is 2.03. The van der Waals surface area contributed by atoms with Crippen LogP contribution >= 0.6 is 0 Å². The summed E-state index contributed by atoms with van der Waals surface area (Å²) >= 11 is 0. The van der Waals surface area contributed by atoms with Crippen LogP contribution in [0.4, 0.5) is 11.4 Å². The van der Waals surface area contributed by atoms with Gasteiger partial charge < -0.3 is 25.3 Å². The van der Waals surface area contributed by atoms with Gasteiger partial charge in [-0.15, -0.1) is 0 Å². The summed E-state index contributed by atoms with van der Waals surface area (Å²) in [5, 5.41) is 15.5. The van der Waals surface area contributed by atoms with Gasteiger partial charge in [0.1, 0.15) is 0 Å². The lowest BCUT2D eigenvalue weighted by molar-refractivity contribution is -0.117. The Balaban J connectivity index is 1.54. The molecule has 0 radical (unpaired) electrons. The Morgan fingerprint density at radius 1 is 0.850 bits per heavy atom. The van der Waals surface area contributed by atoms with Crippen molar-refractivity contribution in [2.24, 2.45) is 5.41 Å². The second kappa shape index (κ2) is 13.0. The quantitative estimate of drug-likeness (QED) is 0.594. The Hall–Kier alpha value is -3.90. The van der Waals surface area contributed by atoms with Gasteiger partial charge in [0.15, 0.2) is 0 Å². The molecule has 0 unspecified atom stereocenters. The largest absolute Gasteiger partial charge is 0.368 e. The molecule has 9 heteroatoms. The molecule has 0 aliphatic carbocycles. The molecule has 0 spiro atoms. The van der Waals surface area contributed by atoms with Gasteiger partial charge in [0.2, 0.25) is 5.91 Å². The Bertz CT molecular complexity index is 1250. The van der Waals surface area contributed by atoms with Gasteiger partial charge in [-0.05, 0) is 67.3 Å². The standard InChI is InChI=1S/C31H40N6O3/c1-31(2,3)21-28(38)34-26-20-25(30(40)36-14-4-12-33-13-17-36)10-11-27(26)35-15-5-16-37(19-18-35)29(39)24-8-6-23(22-32)7-9-24/h6-11,20,33H,4-5,12-19,21H2,1-3H3,(H,34,38). The van der Waals surface area contributed by atoms with E-state index in [9.17, 15) is 14.4 Å². The lowest BCUT2D eigenvalue weighted by Gasteiger charge is -2.28. The lowest BCUT2D eigenvalue weighted by Crippen LogP contribution is -2.35. The number of nitrogens with one attached hydrogen (secondary N) is 2. The van der Waals surface area contributed by atoms with Crippen molar-refractivity contribution in [3.8, 4) is 6.07 Å². The van der Waals surface area contributed by atoms with Crippen LogP contribution in [0.3, 0.4) is 0 Å². The van der Waals surface area contributed by atoms with Gasteiger partial charge in [-0.1, -0.05) is 20.8 Å². The molecule has 0 bridgehead atoms. The summed E-state index contributed by atoms with van der Waals surface area (Å²) in [5.74, 6) is -0.181. The maximum Gasteiger partial charge on any atom is 0.253 e. The molecule has 4 rings (SSSR count). The monoisotopic (exact) mass is 544 g/mol. The van der Waals surface area contributed by atoms with E-state index in [-0.39, 0.29) is 23.1 Å². The SMILES string of the molecule is CC(C)(C)CC(=O)Nc1cc(C(=O)N2CCCNCC2)ccc1N1CCCN(C(=O)c2ccc(C#N)cc2)CC1. The third-order valence-corrected chi connectivity index (χ3v) is 7.22. The summed E-state index contributed by atoms with van der Waals surface area (Å²) < 4.78 is 0. The number of anilines is 2. The highest BCUT2D eigenvalue weighted by molar-refractivity contribution is 6.00. The third-order valence-electron chi connectivity index (χ3n) is 7.22. The number of hydrogen-bond acceptors (Lipinski definition) is 6. The summed E-state index contributed by atoms with van der Waals surface area (Å²) in [5.41, 5.74) is 2.95. The first-order valence-electron chi connectivity index (χ1n) is 14.1. The molecular weight excluding hydrogens is 504 g/mol. The van der Waals surface area contributed by atoms with Gasteiger partial charge in [0.05, 0.1) is 23.0 Å². The molecule has 9 nitrogen and oxygen atoms in total. The fourth-order valence-electron chi connectivity index (χ4n) is 5.18. The molecule has 212 valence electrons. The Labute approximate surface area is 237 Å². The maximum absolute atomic E-state index is 13.4. The summed E-state index contributed by atoms with van der Waals surface area (Å²) in [7, 11) is 0. The van der Waals surface area contributed by atoms with Gasteiger partial charge in [-0.2, -0.15) is 5.26 Å². The molecule has 2 N–H and O–H groups in total. The minimum atomic E-state index is -0.175. The van der Waals surface area contributed by atoms with Crippen LogP contribution in [-0.4, -0.2) is 79.9 Å². The zero-order valence-electron chi connectivity index (χ0n) is 23.8. The predicted octanol–water partition coefficient (Wildman–Crippen LogP) is 3.72. The van der Waals surface area contributed by atoms with Gasteiger partial charge in [-0.25, -0.2) is 0 Å². The van der Waals surface area contributed by atoms with E-state index in [1.807, 2.05) is 42.7 Å². The molecule has 0 aromatic heterocycles. The van der Waals surface area contributed by atoms with E-state index in [2.05, 4.69) is 21.6 Å². The van der Waals surface area contributed by atoms with E-state index in [1.165, 1.54) is 0 Å². The van der Waals surface area contributed by atoms with Crippen LogP contribution in [0, 0.1) is 16.7 Å². The number of benzene rings is 2.